The van der Waals surface area contributed by atoms with Gasteiger partial charge in [0.25, 0.3) is 0 Å². The van der Waals surface area contributed by atoms with E-state index in [2.05, 4.69) is 25.5 Å². The van der Waals surface area contributed by atoms with E-state index in [-0.39, 0.29) is 0 Å². The summed E-state index contributed by atoms with van der Waals surface area (Å²) in [5.41, 5.74) is 0.819. The van der Waals surface area contributed by atoms with Gasteiger partial charge in [0.15, 0.2) is 11.0 Å². The summed E-state index contributed by atoms with van der Waals surface area (Å²) in [6.07, 6.45) is 4.79. The number of nitrogens with one attached hydrogen (secondary N) is 1. The van der Waals surface area contributed by atoms with Crippen LogP contribution in [0.15, 0.2) is 18.6 Å². The van der Waals surface area contributed by atoms with E-state index in [1.54, 1.807) is 19.4 Å². The number of rotatable bonds is 3. The number of aromatic nitrogens is 5. The maximum absolute atomic E-state index is 5.82. The summed E-state index contributed by atoms with van der Waals surface area (Å²) in [5, 5.41) is 11.4. The van der Waals surface area contributed by atoms with E-state index >= 15 is 0 Å². The Kier molecular flexibility index (Phi) is 2.77. The highest BCUT2D eigenvalue weighted by atomic mass is 35.5. The van der Waals surface area contributed by atoms with Gasteiger partial charge in [-0.05, 0) is 0 Å². The van der Waals surface area contributed by atoms with Gasteiger partial charge in [-0.2, -0.15) is 15.0 Å². The third-order valence-corrected chi connectivity index (χ3v) is 2.01. The Balaban J connectivity index is 2.02. The van der Waals surface area contributed by atoms with E-state index in [0.717, 1.165) is 5.69 Å². The van der Waals surface area contributed by atoms with Gasteiger partial charge in [-0.1, -0.05) is 11.6 Å². The highest BCUT2D eigenvalue weighted by molar-refractivity contribution is 6.31. The predicted octanol–water partition coefficient (Wildman–Crippen LogP) is 0.871. The van der Waals surface area contributed by atoms with Crippen LogP contribution in [-0.2, 0) is 13.6 Å². The molecule has 2 aromatic rings. The number of aryl methyl sites for hydroxylation is 1. The zero-order valence-corrected chi connectivity index (χ0v) is 8.81. The molecule has 0 saturated heterocycles. The maximum atomic E-state index is 5.82. The Hall–Kier alpha value is -1.69. The number of hydrogen-bond acceptors (Lipinski definition) is 5. The normalized spacial score (nSPS) is 10.3. The zero-order chi connectivity index (χ0) is 10.7. The molecule has 0 spiro atoms. The van der Waals surface area contributed by atoms with Crippen LogP contribution in [0.5, 0.6) is 0 Å². The van der Waals surface area contributed by atoms with Crippen molar-refractivity contribution >= 4 is 17.4 Å². The molecule has 2 aromatic heterocycles. The van der Waals surface area contributed by atoms with E-state index in [0.29, 0.717) is 17.5 Å². The summed E-state index contributed by atoms with van der Waals surface area (Å²) in [5.74, 6) is 0.546. The maximum Gasteiger partial charge on any atom is 0.171 e. The predicted molar refractivity (Wildman–Crippen MR) is 55.4 cm³/mol. The van der Waals surface area contributed by atoms with E-state index in [1.807, 2.05) is 0 Å². The molecule has 0 atom stereocenters. The number of halogens is 1. The molecular weight excluding hydrogens is 216 g/mol. The highest BCUT2D eigenvalue weighted by Crippen LogP contribution is 2.14. The Labute approximate surface area is 91.3 Å². The molecule has 0 unspecified atom stereocenters. The molecule has 78 valence electrons. The molecule has 1 N–H and O–H groups in total. The van der Waals surface area contributed by atoms with Crippen LogP contribution in [0.3, 0.4) is 0 Å². The fourth-order valence-corrected chi connectivity index (χ4v) is 1.25. The first-order valence-corrected chi connectivity index (χ1v) is 4.69. The summed E-state index contributed by atoms with van der Waals surface area (Å²) >= 11 is 5.82. The van der Waals surface area contributed by atoms with Gasteiger partial charge in [0.2, 0.25) is 0 Å². The second kappa shape index (κ2) is 4.22. The molecule has 2 rings (SSSR count). The number of nitrogens with zero attached hydrogens (tertiary/aromatic N) is 5. The van der Waals surface area contributed by atoms with Gasteiger partial charge in [-0.3, -0.25) is 0 Å². The highest BCUT2D eigenvalue weighted by Gasteiger charge is 2.02. The summed E-state index contributed by atoms with van der Waals surface area (Å²) in [4.78, 5) is 9.43. The average molecular weight is 225 g/mol. The van der Waals surface area contributed by atoms with Gasteiger partial charge in [-0.25, -0.2) is 9.97 Å². The van der Waals surface area contributed by atoms with Crippen LogP contribution in [0.1, 0.15) is 5.69 Å². The minimum Gasteiger partial charge on any atom is -0.362 e. The Bertz CT molecular complexity index is 454. The molecular formula is C8H9ClN6. The van der Waals surface area contributed by atoms with Crippen LogP contribution in [0, 0.1) is 0 Å². The van der Waals surface area contributed by atoms with Gasteiger partial charge >= 0.3 is 0 Å². The van der Waals surface area contributed by atoms with Crippen LogP contribution in [0.4, 0.5) is 5.82 Å². The average Bonchev–Trinajstić information content (AvgIpc) is 2.63. The van der Waals surface area contributed by atoms with Gasteiger partial charge in [0, 0.05) is 19.4 Å². The SMILES string of the molecule is Cn1ncc(CNc2nccnc2Cl)n1. The molecule has 0 bridgehead atoms. The van der Waals surface area contributed by atoms with Gasteiger partial charge in [0.1, 0.15) is 5.69 Å². The van der Waals surface area contributed by atoms with Crippen LogP contribution < -0.4 is 5.32 Å². The minimum atomic E-state index is 0.349. The van der Waals surface area contributed by atoms with E-state index in [9.17, 15) is 0 Å². The lowest BCUT2D eigenvalue weighted by Gasteiger charge is -2.03. The van der Waals surface area contributed by atoms with Crippen molar-refractivity contribution in [2.45, 2.75) is 6.54 Å². The Morgan fingerprint density at radius 3 is 2.87 bits per heavy atom. The fraction of sp³-hybridized carbons (Fsp3) is 0.250. The third kappa shape index (κ3) is 2.41. The van der Waals surface area contributed by atoms with Crippen LogP contribution in [0.2, 0.25) is 5.15 Å². The molecule has 15 heavy (non-hydrogen) atoms. The second-order valence-corrected chi connectivity index (χ2v) is 3.23. The molecule has 0 radical (unpaired) electrons. The standard InChI is InChI=1S/C8H9ClN6/c1-15-13-5-6(14-15)4-12-8-7(9)10-2-3-11-8/h2-3,5H,4H2,1H3,(H,11,12). The molecule has 0 aliphatic carbocycles. The topological polar surface area (TPSA) is 68.5 Å². The molecule has 0 saturated carbocycles. The molecule has 7 heteroatoms. The second-order valence-electron chi connectivity index (χ2n) is 2.87. The number of hydrogen-bond donors (Lipinski definition) is 1. The quantitative estimate of drug-likeness (QED) is 0.838. The molecule has 0 amide bonds. The molecule has 0 fully saturated rings. The largest absolute Gasteiger partial charge is 0.362 e. The first-order valence-electron chi connectivity index (χ1n) is 4.31. The first kappa shape index (κ1) is 9.85. The Morgan fingerprint density at radius 1 is 1.40 bits per heavy atom. The van der Waals surface area contributed by atoms with Crippen molar-refractivity contribution in [2.24, 2.45) is 7.05 Å². The van der Waals surface area contributed by atoms with Crippen molar-refractivity contribution in [3.8, 4) is 0 Å². The zero-order valence-electron chi connectivity index (χ0n) is 8.05. The first-order chi connectivity index (χ1) is 7.25. The minimum absolute atomic E-state index is 0.349. The van der Waals surface area contributed by atoms with E-state index < -0.39 is 0 Å². The van der Waals surface area contributed by atoms with Crippen molar-refractivity contribution in [1.29, 1.82) is 0 Å². The molecule has 0 aliphatic heterocycles. The van der Waals surface area contributed by atoms with Crippen molar-refractivity contribution in [2.75, 3.05) is 5.32 Å². The van der Waals surface area contributed by atoms with E-state index in [4.69, 9.17) is 11.6 Å². The molecule has 6 nitrogen and oxygen atoms in total. The number of anilines is 1. The van der Waals surface area contributed by atoms with Crippen molar-refractivity contribution < 1.29 is 0 Å². The van der Waals surface area contributed by atoms with E-state index in [1.165, 1.54) is 11.0 Å². The van der Waals surface area contributed by atoms with Gasteiger partial charge in [-0.15, -0.1) is 0 Å². The van der Waals surface area contributed by atoms with Crippen molar-refractivity contribution in [3.05, 3.63) is 29.4 Å². The van der Waals surface area contributed by atoms with Gasteiger partial charge < -0.3 is 5.32 Å². The lowest BCUT2D eigenvalue weighted by Crippen LogP contribution is -2.03. The Morgan fingerprint density at radius 2 is 2.20 bits per heavy atom. The van der Waals surface area contributed by atoms with Gasteiger partial charge in [0.05, 0.1) is 12.7 Å². The lowest BCUT2D eigenvalue weighted by atomic mass is 10.4. The smallest absolute Gasteiger partial charge is 0.171 e. The lowest BCUT2D eigenvalue weighted by molar-refractivity contribution is 0.646. The molecule has 2 heterocycles. The third-order valence-electron chi connectivity index (χ3n) is 1.74. The van der Waals surface area contributed by atoms with Crippen LogP contribution in [0.25, 0.3) is 0 Å². The van der Waals surface area contributed by atoms with Crippen molar-refractivity contribution in [3.63, 3.8) is 0 Å². The molecule has 0 aromatic carbocycles. The summed E-state index contributed by atoms with van der Waals surface area (Å²) in [6.45, 7) is 0.520. The fourth-order valence-electron chi connectivity index (χ4n) is 1.08. The van der Waals surface area contributed by atoms with Crippen LogP contribution in [-0.4, -0.2) is 25.0 Å². The summed E-state index contributed by atoms with van der Waals surface area (Å²) in [6, 6.07) is 0. The summed E-state index contributed by atoms with van der Waals surface area (Å²) in [7, 11) is 1.76. The molecule has 0 aliphatic rings. The monoisotopic (exact) mass is 224 g/mol. The summed E-state index contributed by atoms with van der Waals surface area (Å²) < 4.78 is 0. The van der Waals surface area contributed by atoms with Crippen LogP contribution >= 0.6 is 11.6 Å². The van der Waals surface area contributed by atoms with Crippen molar-refractivity contribution in [1.82, 2.24) is 25.0 Å².